The molecule has 5 nitrogen and oxygen atoms in total. The molecule has 0 saturated heterocycles. The summed E-state index contributed by atoms with van der Waals surface area (Å²) in [6, 6.07) is 20.7. The highest BCUT2D eigenvalue weighted by molar-refractivity contribution is 6.30. The van der Waals surface area contributed by atoms with E-state index in [4.69, 9.17) is 16.3 Å². The summed E-state index contributed by atoms with van der Waals surface area (Å²) in [6.45, 7) is 0.828. The first-order chi connectivity index (χ1) is 13.7. The molecule has 140 valence electrons. The maximum atomic E-state index is 12.4. The lowest BCUT2D eigenvalue weighted by Gasteiger charge is -2.07. The highest BCUT2D eigenvalue weighted by Gasteiger charge is 2.08. The van der Waals surface area contributed by atoms with Gasteiger partial charge in [0.2, 0.25) is 0 Å². The SMILES string of the molecule is O=C(NCc1cn2cc(Cl)ccc2n1)c1ccc(OCc2ccccc2)cc1. The number of imidazole rings is 1. The Bertz CT molecular complexity index is 1090. The molecule has 28 heavy (non-hydrogen) atoms. The van der Waals surface area contributed by atoms with Gasteiger partial charge in [-0.05, 0) is 42.0 Å². The van der Waals surface area contributed by atoms with E-state index in [-0.39, 0.29) is 5.91 Å². The Morgan fingerprint density at radius 1 is 1.00 bits per heavy atom. The second-order valence-electron chi connectivity index (χ2n) is 6.33. The molecule has 2 heterocycles. The number of aromatic nitrogens is 2. The van der Waals surface area contributed by atoms with Crippen LogP contribution in [0.2, 0.25) is 5.02 Å². The fraction of sp³-hybridized carbons (Fsp3) is 0.0909. The van der Waals surface area contributed by atoms with Crippen LogP contribution < -0.4 is 10.1 Å². The number of nitrogens with zero attached hydrogens (tertiary/aromatic N) is 2. The Labute approximate surface area is 167 Å². The average molecular weight is 392 g/mol. The topological polar surface area (TPSA) is 55.6 Å². The molecular formula is C22H18ClN3O2. The van der Waals surface area contributed by atoms with Crippen LogP contribution in [0.25, 0.3) is 5.65 Å². The van der Waals surface area contributed by atoms with Crippen molar-refractivity contribution in [3.05, 3.63) is 101 Å². The lowest BCUT2D eigenvalue weighted by atomic mass is 10.2. The normalized spacial score (nSPS) is 10.8. The van der Waals surface area contributed by atoms with Gasteiger partial charge in [0.05, 0.1) is 17.3 Å². The van der Waals surface area contributed by atoms with E-state index in [2.05, 4.69) is 10.3 Å². The first kappa shape index (κ1) is 18.1. The van der Waals surface area contributed by atoms with Crippen LogP contribution in [-0.2, 0) is 13.2 Å². The second kappa shape index (κ2) is 8.15. The predicted molar refractivity (Wildman–Crippen MR) is 109 cm³/mol. The molecule has 4 rings (SSSR count). The van der Waals surface area contributed by atoms with Crippen molar-refractivity contribution in [1.29, 1.82) is 0 Å². The number of pyridine rings is 1. The van der Waals surface area contributed by atoms with Gasteiger partial charge < -0.3 is 14.5 Å². The molecule has 0 radical (unpaired) electrons. The zero-order valence-electron chi connectivity index (χ0n) is 15.0. The van der Waals surface area contributed by atoms with Crippen LogP contribution in [0.4, 0.5) is 0 Å². The molecule has 0 unspecified atom stereocenters. The van der Waals surface area contributed by atoms with Gasteiger partial charge in [-0.15, -0.1) is 0 Å². The highest BCUT2D eigenvalue weighted by atomic mass is 35.5. The Kier molecular flexibility index (Phi) is 5.26. The minimum atomic E-state index is -0.162. The third-order valence-electron chi connectivity index (χ3n) is 4.26. The molecule has 0 bridgehead atoms. The first-order valence-corrected chi connectivity index (χ1v) is 9.23. The zero-order chi connectivity index (χ0) is 19.3. The molecule has 2 aromatic heterocycles. The second-order valence-corrected chi connectivity index (χ2v) is 6.76. The summed E-state index contributed by atoms with van der Waals surface area (Å²) in [6.07, 6.45) is 3.63. The number of hydrogen-bond acceptors (Lipinski definition) is 3. The van der Waals surface area contributed by atoms with Gasteiger partial charge >= 0.3 is 0 Å². The minimum Gasteiger partial charge on any atom is -0.489 e. The van der Waals surface area contributed by atoms with Crippen LogP contribution in [0.1, 0.15) is 21.6 Å². The standard InChI is InChI=1S/C22H18ClN3O2/c23-18-8-11-21-25-19(14-26(21)13-18)12-24-22(27)17-6-9-20(10-7-17)28-15-16-4-2-1-3-5-16/h1-11,13-14H,12,15H2,(H,24,27). The van der Waals surface area contributed by atoms with Crippen molar-refractivity contribution >= 4 is 23.2 Å². The van der Waals surface area contributed by atoms with Gasteiger partial charge in [-0.2, -0.15) is 0 Å². The molecule has 0 saturated carbocycles. The molecule has 4 aromatic rings. The number of rotatable bonds is 6. The van der Waals surface area contributed by atoms with Gasteiger partial charge in [-0.1, -0.05) is 41.9 Å². The molecule has 0 aliphatic carbocycles. The van der Waals surface area contributed by atoms with E-state index in [1.54, 1.807) is 36.5 Å². The van der Waals surface area contributed by atoms with E-state index in [1.807, 2.05) is 47.0 Å². The maximum Gasteiger partial charge on any atom is 0.251 e. The number of ether oxygens (including phenoxy) is 1. The van der Waals surface area contributed by atoms with Crippen molar-refractivity contribution in [2.75, 3.05) is 0 Å². The molecule has 6 heteroatoms. The van der Waals surface area contributed by atoms with Gasteiger partial charge in [-0.3, -0.25) is 4.79 Å². The van der Waals surface area contributed by atoms with Crippen LogP contribution in [0, 0.1) is 0 Å². The molecule has 0 fully saturated rings. The maximum absolute atomic E-state index is 12.4. The van der Waals surface area contributed by atoms with Gasteiger partial charge in [0.25, 0.3) is 5.91 Å². The van der Waals surface area contributed by atoms with Gasteiger partial charge in [0.1, 0.15) is 18.0 Å². The van der Waals surface area contributed by atoms with E-state index in [0.29, 0.717) is 23.7 Å². The van der Waals surface area contributed by atoms with Crippen LogP contribution >= 0.6 is 11.6 Å². The van der Waals surface area contributed by atoms with Crippen LogP contribution in [0.3, 0.4) is 0 Å². The number of benzene rings is 2. The van der Waals surface area contributed by atoms with E-state index in [9.17, 15) is 4.79 Å². The Morgan fingerprint density at radius 3 is 2.57 bits per heavy atom. The Morgan fingerprint density at radius 2 is 1.79 bits per heavy atom. The third kappa shape index (κ3) is 4.32. The number of halogens is 1. The van der Waals surface area contributed by atoms with Crippen molar-refractivity contribution in [3.63, 3.8) is 0 Å². The van der Waals surface area contributed by atoms with E-state index in [0.717, 1.165) is 22.7 Å². The molecule has 1 N–H and O–H groups in total. The van der Waals surface area contributed by atoms with Crippen LogP contribution in [-0.4, -0.2) is 15.3 Å². The molecule has 1 amide bonds. The summed E-state index contributed by atoms with van der Waals surface area (Å²) in [5.41, 5.74) is 3.21. The molecule has 0 aliphatic rings. The highest BCUT2D eigenvalue weighted by Crippen LogP contribution is 2.15. The fourth-order valence-corrected chi connectivity index (χ4v) is 2.99. The smallest absolute Gasteiger partial charge is 0.251 e. The fourth-order valence-electron chi connectivity index (χ4n) is 2.82. The monoisotopic (exact) mass is 391 g/mol. The van der Waals surface area contributed by atoms with Crippen molar-refractivity contribution < 1.29 is 9.53 Å². The number of hydrogen-bond donors (Lipinski definition) is 1. The number of carbonyl (C=O) groups excluding carboxylic acids is 1. The van der Waals surface area contributed by atoms with Crippen molar-refractivity contribution in [1.82, 2.24) is 14.7 Å². The third-order valence-corrected chi connectivity index (χ3v) is 4.48. The minimum absolute atomic E-state index is 0.162. The van der Waals surface area contributed by atoms with E-state index in [1.165, 1.54) is 0 Å². The Hall–Kier alpha value is -3.31. The molecule has 0 aliphatic heterocycles. The van der Waals surface area contributed by atoms with Gasteiger partial charge in [-0.25, -0.2) is 4.98 Å². The van der Waals surface area contributed by atoms with E-state index < -0.39 is 0 Å². The number of fused-ring (bicyclic) bond motifs is 1. The van der Waals surface area contributed by atoms with Gasteiger partial charge in [0.15, 0.2) is 0 Å². The summed E-state index contributed by atoms with van der Waals surface area (Å²) in [5, 5.41) is 3.51. The number of carbonyl (C=O) groups is 1. The summed E-state index contributed by atoms with van der Waals surface area (Å²) >= 11 is 5.98. The first-order valence-electron chi connectivity index (χ1n) is 8.85. The number of amides is 1. The van der Waals surface area contributed by atoms with Gasteiger partial charge in [0, 0.05) is 18.0 Å². The molecule has 0 atom stereocenters. The van der Waals surface area contributed by atoms with Crippen LogP contribution in [0.5, 0.6) is 5.75 Å². The summed E-state index contributed by atoms with van der Waals surface area (Å²) in [5.74, 6) is 0.558. The summed E-state index contributed by atoms with van der Waals surface area (Å²) < 4.78 is 7.58. The molecule has 0 spiro atoms. The molecule has 2 aromatic carbocycles. The average Bonchev–Trinajstić information content (AvgIpc) is 3.13. The Balaban J connectivity index is 1.33. The summed E-state index contributed by atoms with van der Waals surface area (Å²) in [4.78, 5) is 16.8. The predicted octanol–water partition coefficient (Wildman–Crippen LogP) is 4.50. The molecular weight excluding hydrogens is 374 g/mol. The van der Waals surface area contributed by atoms with Crippen LogP contribution in [0.15, 0.2) is 79.1 Å². The largest absolute Gasteiger partial charge is 0.489 e. The lowest BCUT2D eigenvalue weighted by Crippen LogP contribution is -2.22. The lowest BCUT2D eigenvalue weighted by molar-refractivity contribution is 0.0950. The zero-order valence-corrected chi connectivity index (χ0v) is 15.8. The summed E-state index contributed by atoms with van der Waals surface area (Å²) in [7, 11) is 0. The van der Waals surface area contributed by atoms with E-state index >= 15 is 0 Å². The van der Waals surface area contributed by atoms with Crippen molar-refractivity contribution in [3.8, 4) is 5.75 Å². The van der Waals surface area contributed by atoms with Crippen molar-refractivity contribution in [2.45, 2.75) is 13.2 Å². The quantitative estimate of drug-likeness (QED) is 0.526. The number of nitrogens with one attached hydrogen (secondary N) is 1. The van der Waals surface area contributed by atoms with Crippen molar-refractivity contribution in [2.24, 2.45) is 0 Å².